The largest absolute Gasteiger partial charge is 0.450 e. The molecule has 152 valence electrons. The van der Waals surface area contributed by atoms with Crippen molar-refractivity contribution in [2.24, 2.45) is 0 Å². The van der Waals surface area contributed by atoms with Crippen LogP contribution in [0.1, 0.15) is 18.2 Å². The maximum Gasteiger partial charge on any atom is 0.411 e. The minimum absolute atomic E-state index is 0.186. The van der Waals surface area contributed by atoms with Crippen molar-refractivity contribution in [2.75, 3.05) is 17.7 Å². The molecule has 1 amide bonds. The molecule has 0 aliphatic heterocycles. The van der Waals surface area contributed by atoms with Crippen LogP contribution in [0.3, 0.4) is 0 Å². The van der Waals surface area contributed by atoms with Gasteiger partial charge in [-0.1, -0.05) is 30.3 Å². The van der Waals surface area contributed by atoms with Crippen molar-refractivity contribution in [2.45, 2.75) is 13.3 Å². The topological polar surface area (TPSA) is 82.2 Å². The molecule has 6 nitrogen and oxygen atoms in total. The van der Waals surface area contributed by atoms with Crippen molar-refractivity contribution in [3.63, 3.8) is 0 Å². The van der Waals surface area contributed by atoms with E-state index in [1.165, 1.54) is 12.1 Å². The van der Waals surface area contributed by atoms with Crippen molar-refractivity contribution >= 4 is 28.5 Å². The number of hydrogen-bond acceptors (Lipinski definition) is 4. The van der Waals surface area contributed by atoms with Crippen LogP contribution in [0.5, 0.6) is 0 Å². The molecule has 3 N–H and O–H groups in total. The number of hydrogen-bond donors (Lipinski definition) is 2. The van der Waals surface area contributed by atoms with E-state index in [0.29, 0.717) is 17.9 Å². The number of aromatic nitrogens is 2. The summed E-state index contributed by atoms with van der Waals surface area (Å²) < 4.78 is 20.2. The second-order valence-electron chi connectivity index (χ2n) is 6.78. The third kappa shape index (κ3) is 3.96. The number of nitrogens with one attached hydrogen (secondary N) is 1. The predicted molar refractivity (Wildman–Crippen MR) is 115 cm³/mol. The van der Waals surface area contributed by atoms with Gasteiger partial charge in [0, 0.05) is 17.5 Å². The van der Waals surface area contributed by atoms with E-state index >= 15 is 0 Å². The quantitative estimate of drug-likeness (QED) is 0.495. The van der Waals surface area contributed by atoms with E-state index in [4.69, 9.17) is 10.5 Å². The number of pyridine rings is 1. The van der Waals surface area contributed by atoms with Gasteiger partial charge < -0.3 is 10.5 Å². The number of carbonyl (C=O) groups excluding carboxylic acids is 1. The molecule has 0 bridgehead atoms. The summed E-state index contributed by atoms with van der Waals surface area (Å²) in [7, 11) is 0. The SMILES string of the molecule is CCOC(=O)Nc1ccc(-n2c(Cc3ccc(F)cc3)cc3ccccc32)nc1N. The first kappa shape index (κ1) is 19.4. The Morgan fingerprint density at radius 2 is 1.90 bits per heavy atom. The van der Waals surface area contributed by atoms with Gasteiger partial charge in [0.25, 0.3) is 0 Å². The van der Waals surface area contributed by atoms with Gasteiger partial charge in [0.15, 0.2) is 0 Å². The van der Waals surface area contributed by atoms with Crippen LogP contribution in [0.15, 0.2) is 66.7 Å². The van der Waals surface area contributed by atoms with Gasteiger partial charge in [-0.15, -0.1) is 0 Å². The van der Waals surface area contributed by atoms with Crippen molar-refractivity contribution in [3.8, 4) is 5.82 Å². The molecule has 0 saturated carbocycles. The zero-order chi connectivity index (χ0) is 21.1. The number of nitrogen functional groups attached to an aromatic ring is 1. The van der Waals surface area contributed by atoms with Crippen molar-refractivity contribution in [1.29, 1.82) is 0 Å². The Hall–Kier alpha value is -3.87. The molecule has 0 unspecified atom stereocenters. The van der Waals surface area contributed by atoms with E-state index in [9.17, 15) is 9.18 Å². The van der Waals surface area contributed by atoms with Crippen LogP contribution >= 0.6 is 0 Å². The molecule has 0 spiro atoms. The Bertz CT molecular complexity index is 1200. The molecular formula is C23H21FN4O2. The summed E-state index contributed by atoms with van der Waals surface area (Å²) in [4.78, 5) is 16.2. The fraction of sp³-hybridized carbons (Fsp3) is 0.130. The standard InChI is InChI=1S/C23H21FN4O2/c1-2-30-23(29)26-19-11-12-21(27-22(19)25)28-18(13-15-7-9-17(24)10-8-15)14-16-5-3-4-6-20(16)28/h3-12,14H,2,13H2,1H3,(H2,25,27)(H,26,29). The second kappa shape index (κ2) is 8.24. The average molecular weight is 404 g/mol. The normalized spacial score (nSPS) is 10.9. The number of benzene rings is 2. The van der Waals surface area contributed by atoms with E-state index < -0.39 is 6.09 Å². The molecule has 7 heteroatoms. The molecule has 4 rings (SSSR count). The molecule has 2 heterocycles. The van der Waals surface area contributed by atoms with Gasteiger partial charge >= 0.3 is 6.09 Å². The summed E-state index contributed by atoms with van der Waals surface area (Å²) in [6.07, 6.45) is 0.0153. The number of nitrogens with two attached hydrogens (primary N) is 1. The van der Waals surface area contributed by atoms with Crippen LogP contribution in [0, 0.1) is 5.82 Å². The number of nitrogens with zero attached hydrogens (tertiary/aromatic N) is 2. The fourth-order valence-corrected chi connectivity index (χ4v) is 3.40. The van der Waals surface area contributed by atoms with Crippen LogP contribution < -0.4 is 11.1 Å². The highest BCUT2D eigenvalue weighted by Crippen LogP contribution is 2.27. The van der Waals surface area contributed by atoms with Gasteiger partial charge in [-0.3, -0.25) is 9.88 Å². The lowest BCUT2D eigenvalue weighted by atomic mass is 10.1. The lowest BCUT2D eigenvalue weighted by molar-refractivity contribution is 0.168. The van der Waals surface area contributed by atoms with E-state index in [1.807, 2.05) is 28.8 Å². The monoisotopic (exact) mass is 404 g/mol. The van der Waals surface area contributed by atoms with Crippen molar-refractivity contribution in [1.82, 2.24) is 9.55 Å². The van der Waals surface area contributed by atoms with Gasteiger partial charge in [-0.2, -0.15) is 0 Å². The molecule has 0 atom stereocenters. The van der Waals surface area contributed by atoms with Crippen LogP contribution in [-0.4, -0.2) is 22.3 Å². The first-order valence-electron chi connectivity index (χ1n) is 9.59. The van der Waals surface area contributed by atoms with Crippen LogP contribution in [0.4, 0.5) is 20.7 Å². The fourth-order valence-electron chi connectivity index (χ4n) is 3.40. The van der Waals surface area contributed by atoms with E-state index in [2.05, 4.69) is 16.4 Å². The molecule has 0 fully saturated rings. The predicted octanol–water partition coefficient (Wildman–Crippen LogP) is 4.91. The zero-order valence-corrected chi connectivity index (χ0v) is 16.4. The molecule has 0 aliphatic rings. The molecule has 0 aliphatic carbocycles. The van der Waals surface area contributed by atoms with E-state index in [0.717, 1.165) is 22.2 Å². The maximum atomic E-state index is 13.3. The summed E-state index contributed by atoms with van der Waals surface area (Å²) in [6.45, 7) is 1.99. The molecule has 4 aromatic rings. The second-order valence-corrected chi connectivity index (χ2v) is 6.78. The lowest BCUT2D eigenvalue weighted by Crippen LogP contribution is -2.15. The summed E-state index contributed by atoms with van der Waals surface area (Å²) in [5.41, 5.74) is 9.43. The molecule has 0 saturated heterocycles. The molecule has 30 heavy (non-hydrogen) atoms. The smallest absolute Gasteiger partial charge is 0.411 e. The van der Waals surface area contributed by atoms with Crippen LogP contribution in [-0.2, 0) is 11.2 Å². The number of ether oxygens (including phenoxy) is 1. The van der Waals surface area contributed by atoms with Crippen LogP contribution in [0.2, 0.25) is 0 Å². The number of rotatable bonds is 5. The Morgan fingerprint density at radius 1 is 1.13 bits per heavy atom. The highest BCUT2D eigenvalue weighted by molar-refractivity contribution is 5.88. The molecule has 2 aromatic carbocycles. The summed E-state index contributed by atoms with van der Waals surface area (Å²) in [6, 6.07) is 20.0. The minimum Gasteiger partial charge on any atom is -0.450 e. The number of para-hydroxylation sites is 1. The number of fused-ring (bicyclic) bond motifs is 1. The third-order valence-electron chi connectivity index (χ3n) is 4.74. The Balaban J connectivity index is 1.75. The molecular weight excluding hydrogens is 383 g/mol. The molecule has 0 radical (unpaired) electrons. The number of amides is 1. The van der Waals surface area contributed by atoms with Gasteiger partial charge in [0.1, 0.15) is 17.5 Å². The first-order valence-corrected chi connectivity index (χ1v) is 9.59. The van der Waals surface area contributed by atoms with E-state index in [1.54, 1.807) is 31.2 Å². The zero-order valence-electron chi connectivity index (χ0n) is 16.4. The first-order chi connectivity index (χ1) is 14.5. The number of carbonyl (C=O) groups is 1. The molecule has 2 aromatic heterocycles. The average Bonchev–Trinajstić information content (AvgIpc) is 3.09. The van der Waals surface area contributed by atoms with Gasteiger partial charge in [-0.25, -0.2) is 14.2 Å². The van der Waals surface area contributed by atoms with Crippen molar-refractivity contribution in [3.05, 3.63) is 83.8 Å². The van der Waals surface area contributed by atoms with Gasteiger partial charge in [-0.05, 0) is 48.9 Å². The Morgan fingerprint density at radius 3 is 2.63 bits per heavy atom. The lowest BCUT2D eigenvalue weighted by Gasteiger charge is -2.13. The van der Waals surface area contributed by atoms with Crippen molar-refractivity contribution < 1.29 is 13.9 Å². The summed E-state index contributed by atoms with van der Waals surface area (Å²) in [5, 5.41) is 3.65. The maximum absolute atomic E-state index is 13.3. The van der Waals surface area contributed by atoms with E-state index in [-0.39, 0.29) is 18.2 Å². The van der Waals surface area contributed by atoms with Gasteiger partial charge in [0.05, 0.1) is 17.8 Å². The number of anilines is 2. The number of halogens is 1. The van der Waals surface area contributed by atoms with Gasteiger partial charge in [0.2, 0.25) is 0 Å². The highest BCUT2D eigenvalue weighted by Gasteiger charge is 2.14. The third-order valence-corrected chi connectivity index (χ3v) is 4.74. The summed E-state index contributed by atoms with van der Waals surface area (Å²) in [5.74, 6) is 0.546. The Kier molecular flexibility index (Phi) is 5.34. The summed E-state index contributed by atoms with van der Waals surface area (Å²) >= 11 is 0. The minimum atomic E-state index is -0.581. The Labute approximate surface area is 173 Å². The highest BCUT2D eigenvalue weighted by atomic mass is 19.1. The van der Waals surface area contributed by atoms with Crippen LogP contribution in [0.25, 0.3) is 16.7 Å².